The highest BCUT2D eigenvalue weighted by Crippen LogP contribution is 2.42. The second-order valence-electron chi connectivity index (χ2n) is 8.57. The molecule has 3 rings (SSSR count). The van der Waals surface area contributed by atoms with Gasteiger partial charge in [0, 0.05) is 6.42 Å². The van der Waals surface area contributed by atoms with Crippen molar-refractivity contribution in [3.05, 3.63) is 120 Å². The summed E-state index contributed by atoms with van der Waals surface area (Å²) in [4.78, 5) is 11.3. The average molecular weight is 441 g/mol. The first-order valence-electron chi connectivity index (χ1n) is 12.2. The van der Waals surface area contributed by atoms with Crippen molar-refractivity contribution in [3.8, 4) is 0 Å². The Morgan fingerprint density at radius 2 is 1.27 bits per heavy atom. The molecule has 0 aliphatic heterocycles. The first kappa shape index (κ1) is 24.7. The fourth-order valence-electron chi connectivity index (χ4n) is 4.33. The molecule has 0 bridgehead atoms. The zero-order valence-electron chi connectivity index (χ0n) is 20.0. The van der Waals surface area contributed by atoms with Crippen molar-refractivity contribution in [1.82, 2.24) is 0 Å². The first-order chi connectivity index (χ1) is 16.2. The molecular weight excluding hydrogens is 404 g/mol. The Morgan fingerprint density at radius 3 is 1.70 bits per heavy atom. The Bertz CT molecular complexity index is 881. The van der Waals surface area contributed by atoms with E-state index in [1.807, 2.05) is 18.2 Å². The first-order valence-corrected chi connectivity index (χ1v) is 12.2. The van der Waals surface area contributed by atoms with Crippen LogP contribution in [-0.2, 0) is 15.1 Å². The monoisotopic (exact) mass is 440 g/mol. The van der Waals surface area contributed by atoms with E-state index in [4.69, 9.17) is 4.74 Å². The highest BCUT2D eigenvalue weighted by molar-refractivity contribution is 5.75. The van der Waals surface area contributed by atoms with E-state index in [-0.39, 0.29) is 11.9 Å². The smallest absolute Gasteiger partial charge is 0.144 e. The second-order valence-corrected chi connectivity index (χ2v) is 8.57. The Labute approximate surface area is 199 Å². The molecule has 33 heavy (non-hydrogen) atoms. The van der Waals surface area contributed by atoms with E-state index >= 15 is 0 Å². The lowest BCUT2D eigenvalue weighted by atomic mass is 9.79. The van der Waals surface area contributed by atoms with Crippen LogP contribution in [0.2, 0.25) is 0 Å². The summed E-state index contributed by atoms with van der Waals surface area (Å²) >= 11 is 0. The van der Waals surface area contributed by atoms with E-state index in [0.29, 0.717) is 6.42 Å². The van der Waals surface area contributed by atoms with Gasteiger partial charge in [0.1, 0.15) is 11.4 Å². The molecule has 0 fully saturated rings. The van der Waals surface area contributed by atoms with Crippen molar-refractivity contribution >= 4 is 5.78 Å². The van der Waals surface area contributed by atoms with E-state index in [0.717, 1.165) is 48.8 Å². The van der Waals surface area contributed by atoms with Crippen LogP contribution in [0.5, 0.6) is 0 Å². The number of ketones is 1. The van der Waals surface area contributed by atoms with Crippen molar-refractivity contribution in [2.45, 2.75) is 64.1 Å². The molecule has 0 radical (unpaired) electrons. The van der Waals surface area contributed by atoms with Gasteiger partial charge in [0.15, 0.2) is 0 Å². The highest BCUT2D eigenvalue weighted by atomic mass is 16.5. The van der Waals surface area contributed by atoms with Gasteiger partial charge in [-0.15, -0.1) is 0 Å². The summed E-state index contributed by atoms with van der Waals surface area (Å²) in [7, 11) is 0. The van der Waals surface area contributed by atoms with Gasteiger partial charge in [0.25, 0.3) is 0 Å². The Kier molecular flexibility index (Phi) is 9.65. The third-order valence-electron chi connectivity index (χ3n) is 5.97. The number of benzene rings is 3. The van der Waals surface area contributed by atoms with Crippen molar-refractivity contribution < 1.29 is 9.53 Å². The van der Waals surface area contributed by atoms with Crippen LogP contribution in [0.1, 0.15) is 69.1 Å². The van der Waals surface area contributed by atoms with Gasteiger partial charge >= 0.3 is 0 Å². The summed E-state index contributed by atoms with van der Waals surface area (Å²) in [5.74, 6) is 0.268. The maximum atomic E-state index is 11.3. The Balaban J connectivity index is 2.01. The molecule has 0 amide bonds. The van der Waals surface area contributed by atoms with Gasteiger partial charge in [-0.25, -0.2) is 0 Å². The minimum absolute atomic E-state index is 0.0390. The lowest BCUT2D eigenvalue weighted by Gasteiger charge is -2.38. The fourth-order valence-corrected chi connectivity index (χ4v) is 4.33. The molecule has 1 atom stereocenters. The van der Waals surface area contributed by atoms with Crippen LogP contribution in [0.4, 0.5) is 0 Å². The molecule has 3 aromatic rings. The van der Waals surface area contributed by atoms with Gasteiger partial charge in [0.2, 0.25) is 0 Å². The molecule has 2 nitrogen and oxygen atoms in total. The van der Waals surface area contributed by atoms with Crippen LogP contribution in [0.3, 0.4) is 0 Å². The molecule has 0 aromatic heterocycles. The number of Topliss-reactive ketones (excluding diaryl/α,β-unsaturated/α-hetero) is 1. The van der Waals surface area contributed by atoms with Gasteiger partial charge in [-0.2, -0.15) is 0 Å². The van der Waals surface area contributed by atoms with Crippen LogP contribution in [0.15, 0.2) is 103 Å². The molecule has 0 aliphatic rings. The number of carbonyl (C=O) groups excluding carboxylic acids is 1. The van der Waals surface area contributed by atoms with E-state index in [2.05, 4.69) is 91.9 Å². The lowest BCUT2D eigenvalue weighted by Crippen LogP contribution is -2.36. The largest absolute Gasteiger partial charge is 0.354 e. The molecule has 0 N–H and O–H groups in total. The van der Waals surface area contributed by atoms with Crippen LogP contribution in [0.25, 0.3) is 0 Å². The van der Waals surface area contributed by atoms with Gasteiger partial charge in [-0.1, -0.05) is 123 Å². The molecule has 2 heteroatoms. The summed E-state index contributed by atoms with van der Waals surface area (Å²) in [5.41, 5.74) is 2.64. The Hall–Kier alpha value is -2.97. The van der Waals surface area contributed by atoms with Crippen LogP contribution in [-0.4, -0.2) is 11.9 Å². The van der Waals surface area contributed by atoms with Gasteiger partial charge in [-0.05, 0) is 42.9 Å². The summed E-state index contributed by atoms with van der Waals surface area (Å²) < 4.78 is 7.17. The minimum Gasteiger partial charge on any atom is -0.354 e. The number of hydrogen-bond acceptors (Lipinski definition) is 2. The summed E-state index contributed by atoms with van der Waals surface area (Å²) in [6.45, 7) is 3.82. The van der Waals surface area contributed by atoms with Crippen molar-refractivity contribution in [3.63, 3.8) is 0 Å². The van der Waals surface area contributed by atoms with Crippen LogP contribution < -0.4 is 0 Å². The van der Waals surface area contributed by atoms with Crippen molar-refractivity contribution in [2.24, 2.45) is 0 Å². The maximum Gasteiger partial charge on any atom is 0.144 e. The average Bonchev–Trinajstić information content (AvgIpc) is 2.86. The van der Waals surface area contributed by atoms with Gasteiger partial charge in [-0.3, -0.25) is 0 Å². The molecule has 172 valence electrons. The third kappa shape index (κ3) is 6.76. The molecule has 1 unspecified atom stereocenters. The number of hydrogen-bond donors (Lipinski definition) is 0. The number of unbranched alkanes of at least 4 members (excludes halogenated alkanes) is 2. The van der Waals surface area contributed by atoms with E-state index in [9.17, 15) is 4.79 Å². The van der Waals surface area contributed by atoms with E-state index < -0.39 is 5.60 Å². The summed E-state index contributed by atoms with van der Waals surface area (Å²) in [6, 6.07) is 31.6. The normalized spacial score (nSPS) is 12.7. The fraction of sp³-hybridized carbons (Fsp3) is 0.323. The maximum absolute atomic E-state index is 11.3. The van der Waals surface area contributed by atoms with Gasteiger partial charge < -0.3 is 9.53 Å². The number of rotatable bonds is 13. The topological polar surface area (TPSA) is 26.3 Å². The number of ether oxygens (including phenoxy) is 1. The highest BCUT2D eigenvalue weighted by Gasteiger charge is 2.39. The SMILES string of the molecule is CCC=CC(CCCCCC(C)=O)OC(c1ccccc1)(c1ccccc1)c1ccccc1. The second kappa shape index (κ2) is 12.9. The Morgan fingerprint density at radius 1 is 0.788 bits per heavy atom. The molecule has 0 spiro atoms. The minimum atomic E-state index is -0.716. The molecule has 0 aliphatic carbocycles. The van der Waals surface area contributed by atoms with E-state index in [1.54, 1.807) is 6.92 Å². The van der Waals surface area contributed by atoms with E-state index in [1.165, 1.54) is 0 Å². The van der Waals surface area contributed by atoms with Gasteiger partial charge in [0.05, 0.1) is 6.10 Å². The quantitative estimate of drug-likeness (QED) is 0.154. The van der Waals surface area contributed by atoms with Crippen LogP contribution >= 0.6 is 0 Å². The van der Waals surface area contributed by atoms with Crippen molar-refractivity contribution in [1.29, 1.82) is 0 Å². The third-order valence-corrected chi connectivity index (χ3v) is 5.97. The lowest BCUT2D eigenvalue weighted by molar-refractivity contribution is -0.117. The molecule has 0 saturated carbocycles. The zero-order valence-corrected chi connectivity index (χ0v) is 20.0. The molecule has 0 heterocycles. The zero-order chi connectivity index (χ0) is 23.4. The predicted molar refractivity (Wildman–Crippen MR) is 137 cm³/mol. The molecule has 3 aromatic carbocycles. The predicted octanol–water partition coefficient (Wildman–Crippen LogP) is 7.87. The molecule has 0 saturated heterocycles. The molecular formula is C31H36O2. The standard InChI is InChI=1S/C31H36O2/c1-3-4-24-30(25-16-5-9-17-26(2)32)33-31(27-18-10-6-11-19-27,28-20-12-7-13-21-28)29-22-14-8-15-23-29/h4,6-8,10-15,18-24,30H,3,5,9,16-17,25H2,1-2H3. The number of carbonyl (C=O) groups is 1. The number of allylic oxidation sites excluding steroid dienone is 1. The summed E-state index contributed by atoms with van der Waals surface area (Å²) in [6.07, 6.45) is 9.94. The summed E-state index contributed by atoms with van der Waals surface area (Å²) in [5, 5.41) is 0. The van der Waals surface area contributed by atoms with Crippen molar-refractivity contribution in [2.75, 3.05) is 0 Å². The van der Waals surface area contributed by atoms with Crippen LogP contribution in [0, 0.1) is 0 Å².